The summed E-state index contributed by atoms with van der Waals surface area (Å²) in [4.78, 5) is 17.7. The predicted molar refractivity (Wildman–Crippen MR) is 72.3 cm³/mol. The Morgan fingerprint density at radius 1 is 1.10 bits per heavy atom. The molecule has 3 N–H and O–H groups in total. The number of nitrogens with zero attached hydrogens (tertiary/aromatic N) is 2. The molecule has 7 nitrogen and oxygen atoms in total. The summed E-state index contributed by atoms with van der Waals surface area (Å²) in [7, 11) is 0. The van der Waals surface area contributed by atoms with Crippen LogP contribution in [-0.4, -0.2) is 37.9 Å². The number of aliphatic carboxylic acids is 1. The van der Waals surface area contributed by atoms with E-state index in [1.54, 1.807) is 24.3 Å². The second kappa shape index (κ2) is 6.56. The van der Waals surface area contributed by atoms with Crippen LogP contribution in [0.25, 0.3) is 0 Å². The van der Waals surface area contributed by atoms with Crippen LogP contribution in [0.15, 0.2) is 30.6 Å². The maximum Gasteiger partial charge on any atom is 0.307 e. The summed E-state index contributed by atoms with van der Waals surface area (Å²) in [6.45, 7) is 0.215. The Morgan fingerprint density at radius 2 is 1.71 bits per heavy atom. The Balaban J connectivity index is 1.90. The first-order valence-electron chi connectivity index (χ1n) is 6.21. The number of aromatic hydroxyl groups is 2. The molecule has 1 aromatic carbocycles. The van der Waals surface area contributed by atoms with Gasteiger partial charge in [0.1, 0.15) is 12.1 Å². The Labute approximate surface area is 120 Å². The molecule has 0 unspecified atom stereocenters. The summed E-state index contributed by atoms with van der Waals surface area (Å²) in [5, 5.41) is 27.6. The molecule has 2 aromatic rings. The summed E-state index contributed by atoms with van der Waals surface area (Å²) in [5.41, 5.74) is 0.904. The number of rotatable bonds is 6. The smallest absolute Gasteiger partial charge is 0.307 e. The van der Waals surface area contributed by atoms with Crippen molar-refractivity contribution in [3.8, 4) is 17.5 Å². The zero-order valence-corrected chi connectivity index (χ0v) is 11.1. The van der Waals surface area contributed by atoms with E-state index < -0.39 is 5.97 Å². The lowest BCUT2D eigenvalue weighted by Crippen LogP contribution is -2.04. The molecule has 0 radical (unpaired) electrons. The van der Waals surface area contributed by atoms with Crippen LogP contribution in [0.4, 0.5) is 0 Å². The third kappa shape index (κ3) is 4.07. The molecule has 110 valence electrons. The number of carboxylic acids is 1. The highest BCUT2D eigenvalue weighted by atomic mass is 16.5. The summed E-state index contributed by atoms with van der Waals surface area (Å²) < 4.78 is 5.45. The van der Waals surface area contributed by atoms with Gasteiger partial charge in [-0.1, -0.05) is 12.1 Å². The molecule has 0 bridgehead atoms. The van der Waals surface area contributed by atoms with Gasteiger partial charge in [-0.15, -0.1) is 0 Å². The largest absolute Gasteiger partial charge is 0.493 e. The molecule has 0 atom stereocenters. The molecule has 0 aliphatic rings. The lowest BCUT2D eigenvalue weighted by molar-refractivity contribution is -0.136. The average Bonchev–Trinajstić information content (AvgIpc) is 2.43. The highest BCUT2D eigenvalue weighted by Gasteiger charge is 2.09. The van der Waals surface area contributed by atoms with Gasteiger partial charge in [-0.05, 0) is 17.7 Å². The Bertz CT molecular complexity index is 608. The fourth-order valence-electron chi connectivity index (χ4n) is 1.77. The molecule has 1 aromatic heterocycles. The molecule has 0 spiro atoms. The van der Waals surface area contributed by atoms with Gasteiger partial charge in [0.05, 0.1) is 18.6 Å². The summed E-state index contributed by atoms with van der Waals surface area (Å²) >= 11 is 0. The van der Waals surface area contributed by atoms with Crippen LogP contribution in [0.5, 0.6) is 17.5 Å². The van der Waals surface area contributed by atoms with E-state index in [1.165, 1.54) is 0 Å². The first kappa shape index (κ1) is 14.6. The number of hydrogen-bond acceptors (Lipinski definition) is 6. The Kier molecular flexibility index (Phi) is 4.55. The molecule has 0 saturated heterocycles. The lowest BCUT2D eigenvalue weighted by atomic mass is 10.1. The van der Waals surface area contributed by atoms with Crippen molar-refractivity contribution < 1.29 is 24.9 Å². The predicted octanol–water partition coefficient (Wildman–Crippen LogP) is 1.14. The van der Waals surface area contributed by atoms with Crippen molar-refractivity contribution in [3.05, 3.63) is 41.7 Å². The van der Waals surface area contributed by atoms with Gasteiger partial charge in [0.25, 0.3) is 0 Å². The van der Waals surface area contributed by atoms with Gasteiger partial charge in [-0.2, -0.15) is 0 Å². The topological polar surface area (TPSA) is 113 Å². The second-order valence-electron chi connectivity index (χ2n) is 4.31. The quantitative estimate of drug-likeness (QED) is 0.731. The fraction of sp³-hybridized carbons (Fsp3) is 0.214. The summed E-state index contributed by atoms with van der Waals surface area (Å²) in [6.07, 6.45) is 1.27. The van der Waals surface area contributed by atoms with Crippen molar-refractivity contribution in [2.45, 2.75) is 12.8 Å². The van der Waals surface area contributed by atoms with Crippen molar-refractivity contribution in [2.24, 2.45) is 0 Å². The molecule has 0 aliphatic heterocycles. The molecule has 0 saturated carbocycles. The number of carboxylic acid groups (broad SMARTS) is 1. The average molecular weight is 290 g/mol. The van der Waals surface area contributed by atoms with Gasteiger partial charge in [-0.25, -0.2) is 9.97 Å². The van der Waals surface area contributed by atoms with E-state index >= 15 is 0 Å². The van der Waals surface area contributed by atoms with Gasteiger partial charge in [0.15, 0.2) is 0 Å². The summed E-state index contributed by atoms with van der Waals surface area (Å²) in [5.74, 6) is -0.871. The van der Waals surface area contributed by atoms with Crippen LogP contribution in [0.3, 0.4) is 0 Å². The monoisotopic (exact) mass is 290 g/mol. The zero-order valence-electron chi connectivity index (χ0n) is 11.1. The van der Waals surface area contributed by atoms with Crippen LogP contribution in [0, 0.1) is 0 Å². The van der Waals surface area contributed by atoms with Crippen LogP contribution in [0.2, 0.25) is 0 Å². The van der Waals surface area contributed by atoms with E-state index in [0.717, 1.165) is 6.33 Å². The van der Waals surface area contributed by atoms with E-state index in [4.69, 9.17) is 9.84 Å². The Morgan fingerprint density at radius 3 is 2.29 bits per heavy atom. The third-order valence-corrected chi connectivity index (χ3v) is 2.80. The van der Waals surface area contributed by atoms with E-state index in [0.29, 0.717) is 11.3 Å². The number of carbonyl (C=O) groups is 1. The van der Waals surface area contributed by atoms with Crippen LogP contribution in [0.1, 0.15) is 11.1 Å². The normalized spacial score (nSPS) is 10.3. The fourth-order valence-corrected chi connectivity index (χ4v) is 1.77. The molecule has 1 heterocycles. The van der Waals surface area contributed by atoms with E-state index in [-0.39, 0.29) is 36.8 Å². The second-order valence-corrected chi connectivity index (χ2v) is 4.31. The van der Waals surface area contributed by atoms with Gasteiger partial charge < -0.3 is 20.1 Å². The molecule has 7 heteroatoms. The van der Waals surface area contributed by atoms with Crippen LogP contribution >= 0.6 is 0 Å². The molecule has 2 rings (SSSR count). The minimum atomic E-state index is -0.890. The van der Waals surface area contributed by atoms with Gasteiger partial charge >= 0.3 is 5.97 Å². The third-order valence-electron chi connectivity index (χ3n) is 2.80. The zero-order chi connectivity index (χ0) is 15.2. The minimum absolute atomic E-state index is 0.0383. The van der Waals surface area contributed by atoms with Gasteiger partial charge in [-0.3, -0.25) is 4.79 Å². The lowest BCUT2D eigenvalue weighted by Gasteiger charge is -2.08. The van der Waals surface area contributed by atoms with Crippen LogP contribution < -0.4 is 4.74 Å². The molecule has 0 fully saturated rings. The minimum Gasteiger partial charge on any atom is -0.493 e. The van der Waals surface area contributed by atoms with Gasteiger partial charge in [0.2, 0.25) is 11.8 Å². The molecular formula is C14H14N2O5. The Hall–Kier alpha value is -2.83. The maximum absolute atomic E-state index is 10.6. The van der Waals surface area contributed by atoms with Crippen molar-refractivity contribution in [2.75, 3.05) is 6.61 Å². The van der Waals surface area contributed by atoms with Crippen LogP contribution in [-0.2, 0) is 17.6 Å². The van der Waals surface area contributed by atoms with Crippen molar-refractivity contribution >= 4 is 5.97 Å². The number of ether oxygens (including phenoxy) is 1. The number of aromatic nitrogens is 2. The highest BCUT2D eigenvalue weighted by Crippen LogP contribution is 2.22. The maximum atomic E-state index is 10.6. The van der Waals surface area contributed by atoms with E-state index in [1.807, 2.05) is 0 Å². The number of benzene rings is 1. The van der Waals surface area contributed by atoms with E-state index in [2.05, 4.69) is 9.97 Å². The molecule has 21 heavy (non-hydrogen) atoms. The van der Waals surface area contributed by atoms with E-state index in [9.17, 15) is 15.0 Å². The number of hydrogen-bond donors (Lipinski definition) is 3. The summed E-state index contributed by atoms with van der Waals surface area (Å²) in [6, 6.07) is 6.67. The molecule has 0 aliphatic carbocycles. The molecule has 0 amide bonds. The highest BCUT2D eigenvalue weighted by molar-refractivity contribution is 5.70. The first-order chi connectivity index (χ1) is 10.1. The van der Waals surface area contributed by atoms with Crippen molar-refractivity contribution in [1.29, 1.82) is 0 Å². The SMILES string of the molecule is O=C(O)Cc1ccc(OCCc2c(O)ncnc2O)cc1. The van der Waals surface area contributed by atoms with Gasteiger partial charge in [0, 0.05) is 6.42 Å². The standard InChI is InChI=1S/C14H14N2O5/c17-12(18)7-9-1-3-10(4-2-9)21-6-5-11-13(19)15-8-16-14(11)20/h1-4,8H,5-7H2,(H,17,18)(H2,15,16,19,20). The van der Waals surface area contributed by atoms with Crippen molar-refractivity contribution in [3.63, 3.8) is 0 Å². The molecular weight excluding hydrogens is 276 g/mol. The first-order valence-corrected chi connectivity index (χ1v) is 6.21. The van der Waals surface area contributed by atoms with Crippen molar-refractivity contribution in [1.82, 2.24) is 9.97 Å².